The van der Waals surface area contributed by atoms with Crippen LogP contribution < -0.4 is 0 Å². The lowest BCUT2D eigenvalue weighted by atomic mass is 9.94. The molecule has 5 nitrogen and oxygen atoms in total. The third-order valence-corrected chi connectivity index (χ3v) is 3.39. The van der Waals surface area contributed by atoms with Crippen LogP contribution in [0, 0.1) is 5.41 Å². The van der Waals surface area contributed by atoms with Crippen LogP contribution in [0.15, 0.2) is 0 Å². The monoisotopic (exact) mass is 286 g/mol. The Bertz CT molecular complexity index is 305. The Labute approximate surface area is 122 Å². The number of rotatable bonds is 5. The molecule has 20 heavy (non-hydrogen) atoms. The van der Waals surface area contributed by atoms with Crippen molar-refractivity contribution in [3.05, 3.63) is 0 Å². The van der Waals surface area contributed by atoms with E-state index >= 15 is 0 Å². The van der Waals surface area contributed by atoms with E-state index in [1.165, 1.54) is 0 Å². The molecule has 1 heterocycles. The van der Waals surface area contributed by atoms with Gasteiger partial charge in [-0.2, -0.15) is 0 Å². The SMILES string of the molecule is CC(C)OCC(O)CN1CCN(C(=O)C(C)(C)C)CC1. The molecule has 1 saturated heterocycles. The van der Waals surface area contributed by atoms with Gasteiger partial charge in [-0.3, -0.25) is 9.69 Å². The van der Waals surface area contributed by atoms with Gasteiger partial charge in [0.05, 0.1) is 18.8 Å². The number of ether oxygens (including phenoxy) is 1. The smallest absolute Gasteiger partial charge is 0.228 e. The number of carbonyl (C=O) groups excluding carboxylic acids is 1. The maximum atomic E-state index is 12.2. The van der Waals surface area contributed by atoms with Crippen molar-refractivity contribution in [1.82, 2.24) is 9.80 Å². The van der Waals surface area contributed by atoms with Crippen LogP contribution in [0.1, 0.15) is 34.6 Å². The molecule has 0 spiro atoms. The Balaban J connectivity index is 2.30. The van der Waals surface area contributed by atoms with Crippen LogP contribution in [0.4, 0.5) is 0 Å². The summed E-state index contributed by atoms with van der Waals surface area (Å²) >= 11 is 0. The Morgan fingerprint density at radius 2 is 1.75 bits per heavy atom. The molecule has 0 aromatic heterocycles. The van der Waals surface area contributed by atoms with Crippen molar-refractivity contribution in [2.24, 2.45) is 5.41 Å². The number of hydrogen-bond acceptors (Lipinski definition) is 4. The summed E-state index contributed by atoms with van der Waals surface area (Å²) in [5.74, 6) is 0.209. The normalized spacial score (nSPS) is 19.4. The molecule has 1 fully saturated rings. The lowest BCUT2D eigenvalue weighted by molar-refractivity contribution is -0.141. The number of amides is 1. The zero-order valence-corrected chi connectivity index (χ0v) is 13.6. The predicted octanol–water partition coefficient (Wildman–Crippen LogP) is 0.963. The fourth-order valence-corrected chi connectivity index (χ4v) is 2.26. The molecule has 5 heteroatoms. The lowest BCUT2D eigenvalue weighted by Crippen LogP contribution is -2.53. The van der Waals surface area contributed by atoms with Crippen LogP contribution in [0.25, 0.3) is 0 Å². The van der Waals surface area contributed by atoms with Crippen molar-refractivity contribution < 1.29 is 14.6 Å². The van der Waals surface area contributed by atoms with Crippen molar-refractivity contribution in [3.63, 3.8) is 0 Å². The van der Waals surface area contributed by atoms with E-state index in [0.29, 0.717) is 13.2 Å². The molecule has 0 bridgehead atoms. The Hall–Kier alpha value is -0.650. The van der Waals surface area contributed by atoms with Gasteiger partial charge in [0.2, 0.25) is 5.91 Å². The number of aliphatic hydroxyl groups excluding tert-OH is 1. The van der Waals surface area contributed by atoms with E-state index in [0.717, 1.165) is 26.2 Å². The number of piperazine rings is 1. The number of hydrogen-bond donors (Lipinski definition) is 1. The molecule has 0 aromatic carbocycles. The standard InChI is InChI=1S/C15H30N2O3/c1-12(2)20-11-13(18)10-16-6-8-17(9-7-16)14(19)15(3,4)5/h12-13,18H,6-11H2,1-5H3. The first-order valence-electron chi connectivity index (χ1n) is 7.51. The van der Waals surface area contributed by atoms with Crippen LogP contribution >= 0.6 is 0 Å². The van der Waals surface area contributed by atoms with Gasteiger partial charge in [-0.1, -0.05) is 20.8 Å². The Kier molecular flexibility index (Phi) is 6.43. The van der Waals surface area contributed by atoms with Gasteiger partial charge < -0.3 is 14.7 Å². The summed E-state index contributed by atoms with van der Waals surface area (Å²) in [5, 5.41) is 9.91. The summed E-state index contributed by atoms with van der Waals surface area (Å²) in [5.41, 5.74) is -0.313. The summed E-state index contributed by atoms with van der Waals surface area (Å²) in [4.78, 5) is 16.3. The summed E-state index contributed by atoms with van der Waals surface area (Å²) in [6.07, 6.45) is -0.312. The highest BCUT2D eigenvalue weighted by atomic mass is 16.5. The molecular formula is C15H30N2O3. The highest BCUT2D eigenvalue weighted by Crippen LogP contribution is 2.18. The first-order chi connectivity index (χ1) is 9.20. The molecule has 1 rings (SSSR count). The second-order valence-electron chi connectivity index (χ2n) is 6.88. The third kappa shape index (κ3) is 5.77. The average Bonchev–Trinajstić information content (AvgIpc) is 2.35. The van der Waals surface area contributed by atoms with Crippen molar-refractivity contribution in [3.8, 4) is 0 Å². The van der Waals surface area contributed by atoms with E-state index < -0.39 is 6.10 Å². The topological polar surface area (TPSA) is 53.0 Å². The van der Waals surface area contributed by atoms with E-state index in [1.54, 1.807) is 0 Å². The summed E-state index contributed by atoms with van der Waals surface area (Å²) < 4.78 is 5.41. The quantitative estimate of drug-likeness (QED) is 0.818. The minimum atomic E-state index is -0.456. The second-order valence-corrected chi connectivity index (χ2v) is 6.88. The molecule has 0 aromatic rings. The van der Waals surface area contributed by atoms with Crippen LogP contribution in [0.5, 0.6) is 0 Å². The fourth-order valence-electron chi connectivity index (χ4n) is 2.26. The van der Waals surface area contributed by atoms with Gasteiger partial charge in [-0.25, -0.2) is 0 Å². The van der Waals surface area contributed by atoms with E-state index in [-0.39, 0.29) is 17.4 Å². The summed E-state index contributed by atoms with van der Waals surface area (Å²) in [6, 6.07) is 0. The molecule has 0 aliphatic carbocycles. The first kappa shape index (κ1) is 17.4. The molecule has 1 amide bonds. The first-order valence-corrected chi connectivity index (χ1v) is 7.51. The Morgan fingerprint density at radius 1 is 1.20 bits per heavy atom. The molecular weight excluding hydrogens is 256 g/mol. The minimum Gasteiger partial charge on any atom is -0.389 e. The van der Waals surface area contributed by atoms with E-state index in [2.05, 4.69) is 4.90 Å². The molecule has 118 valence electrons. The van der Waals surface area contributed by atoms with Crippen molar-refractivity contribution in [1.29, 1.82) is 0 Å². The highest BCUT2D eigenvalue weighted by Gasteiger charge is 2.29. The maximum absolute atomic E-state index is 12.2. The zero-order valence-electron chi connectivity index (χ0n) is 13.6. The highest BCUT2D eigenvalue weighted by molar-refractivity contribution is 5.81. The largest absolute Gasteiger partial charge is 0.389 e. The minimum absolute atomic E-state index is 0.144. The number of β-amino-alcohol motifs (C(OH)–C–C–N with tert-alkyl or cyclic N) is 1. The molecule has 1 atom stereocenters. The van der Waals surface area contributed by atoms with E-state index in [1.807, 2.05) is 39.5 Å². The summed E-state index contributed by atoms with van der Waals surface area (Å²) in [6.45, 7) is 13.9. The van der Waals surface area contributed by atoms with Gasteiger partial charge in [-0.05, 0) is 13.8 Å². The molecule has 0 radical (unpaired) electrons. The number of aliphatic hydroxyl groups is 1. The van der Waals surface area contributed by atoms with Gasteiger partial charge in [-0.15, -0.1) is 0 Å². The summed E-state index contributed by atoms with van der Waals surface area (Å²) in [7, 11) is 0. The second kappa shape index (κ2) is 7.38. The number of nitrogens with zero attached hydrogens (tertiary/aromatic N) is 2. The van der Waals surface area contributed by atoms with Crippen LogP contribution in [0.2, 0.25) is 0 Å². The predicted molar refractivity (Wildman–Crippen MR) is 79.6 cm³/mol. The number of carbonyl (C=O) groups is 1. The van der Waals surface area contributed by atoms with Gasteiger partial charge >= 0.3 is 0 Å². The van der Waals surface area contributed by atoms with Gasteiger partial charge in [0, 0.05) is 38.1 Å². The van der Waals surface area contributed by atoms with Gasteiger partial charge in [0.15, 0.2) is 0 Å². The van der Waals surface area contributed by atoms with Crippen LogP contribution in [-0.4, -0.2) is 72.4 Å². The Morgan fingerprint density at radius 3 is 2.20 bits per heavy atom. The van der Waals surface area contributed by atoms with Crippen LogP contribution in [-0.2, 0) is 9.53 Å². The molecule has 1 aliphatic heterocycles. The maximum Gasteiger partial charge on any atom is 0.228 e. The van der Waals surface area contributed by atoms with Crippen molar-refractivity contribution in [2.75, 3.05) is 39.3 Å². The van der Waals surface area contributed by atoms with E-state index in [4.69, 9.17) is 4.74 Å². The zero-order chi connectivity index (χ0) is 15.3. The average molecular weight is 286 g/mol. The van der Waals surface area contributed by atoms with Gasteiger partial charge in [0.25, 0.3) is 0 Å². The van der Waals surface area contributed by atoms with Crippen LogP contribution in [0.3, 0.4) is 0 Å². The molecule has 1 N–H and O–H groups in total. The van der Waals surface area contributed by atoms with E-state index in [9.17, 15) is 9.90 Å². The third-order valence-electron chi connectivity index (χ3n) is 3.39. The molecule has 0 saturated carbocycles. The fraction of sp³-hybridized carbons (Fsp3) is 0.933. The molecule has 1 aliphatic rings. The lowest BCUT2D eigenvalue weighted by Gasteiger charge is -2.38. The van der Waals surface area contributed by atoms with Crippen molar-refractivity contribution >= 4 is 5.91 Å². The van der Waals surface area contributed by atoms with Crippen molar-refractivity contribution in [2.45, 2.75) is 46.8 Å². The van der Waals surface area contributed by atoms with Gasteiger partial charge in [0.1, 0.15) is 0 Å². The molecule has 1 unspecified atom stereocenters.